The van der Waals surface area contributed by atoms with Crippen molar-refractivity contribution in [3.63, 3.8) is 0 Å². The molecule has 8 heteroatoms. The van der Waals surface area contributed by atoms with E-state index in [1.165, 1.54) is 30.2 Å². The zero-order valence-corrected chi connectivity index (χ0v) is 14.8. The van der Waals surface area contributed by atoms with Crippen molar-refractivity contribution < 1.29 is 24.0 Å². The van der Waals surface area contributed by atoms with E-state index < -0.39 is 4.92 Å². The first-order chi connectivity index (χ1) is 11.9. The summed E-state index contributed by atoms with van der Waals surface area (Å²) in [5, 5.41) is 11.1. The second kappa shape index (κ2) is 10.3. The van der Waals surface area contributed by atoms with Gasteiger partial charge in [-0.25, -0.2) is 0 Å². The number of methoxy groups -OCH3 is 1. The molecule has 0 radical (unpaired) electrons. The molecular weight excluding hydrogens is 328 g/mol. The number of unbranched alkanes of at least 4 members (excludes halogenated alkanes) is 1. The second-order valence-electron chi connectivity index (χ2n) is 5.34. The first kappa shape index (κ1) is 20.4. The summed E-state index contributed by atoms with van der Waals surface area (Å²) in [6.07, 6.45) is 1.74. The van der Waals surface area contributed by atoms with E-state index in [4.69, 9.17) is 9.47 Å². The maximum Gasteiger partial charge on any atom is 0.311 e. The lowest BCUT2D eigenvalue weighted by molar-refractivity contribution is -0.385. The number of amides is 1. The molecule has 0 aliphatic carbocycles. The first-order valence-electron chi connectivity index (χ1n) is 8.21. The second-order valence-corrected chi connectivity index (χ2v) is 5.34. The predicted molar refractivity (Wildman–Crippen MR) is 91.7 cm³/mol. The van der Waals surface area contributed by atoms with Crippen molar-refractivity contribution >= 4 is 17.6 Å². The van der Waals surface area contributed by atoms with E-state index in [-0.39, 0.29) is 48.4 Å². The Morgan fingerprint density at radius 3 is 2.52 bits per heavy atom. The fraction of sp³-hybridized carbons (Fsp3) is 0.529. The van der Waals surface area contributed by atoms with E-state index in [1.807, 2.05) is 6.92 Å². The molecule has 138 valence electrons. The zero-order valence-electron chi connectivity index (χ0n) is 14.8. The van der Waals surface area contributed by atoms with Gasteiger partial charge in [-0.3, -0.25) is 19.7 Å². The summed E-state index contributed by atoms with van der Waals surface area (Å²) >= 11 is 0. The predicted octanol–water partition coefficient (Wildman–Crippen LogP) is 2.80. The molecule has 0 fully saturated rings. The average Bonchev–Trinajstić information content (AvgIpc) is 2.60. The highest BCUT2D eigenvalue weighted by Gasteiger charge is 2.22. The normalized spacial score (nSPS) is 10.2. The standard InChI is InChI=1S/C17H24N2O6/c1-4-6-10-18(11-9-16(20)25-5-2)17(21)13-7-8-15(24-3)14(12-13)19(22)23/h7-8,12H,4-6,9-11H2,1-3H3. The minimum atomic E-state index is -0.593. The Bertz CT molecular complexity index is 617. The lowest BCUT2D eigenvalue weighted by Crippen LogP contribution is -2.34. The minimum absolute atomic E-state index is 0.0849. The Hall–Kier alpha value is -2.64. The van der Waals surface area contributed by atoms with Gasteiger partial charge in [-0.05, 0) is 25.5 Å². The molecule has 0 atom stereocenters. The molecule has 1 amide bonds. The first-order valence-corrected chi connectivity index (χ1v) is 8.21. The Balaban J connectivity index is 2.97. The number of nitro groups is 1. The van der Waals surface area contributed by atoms with Crippen molar-refractivity contribution in [3.05, 3.63) is 33.9 Å². The Morgan fingerprint density at radius 2 is 1.96 bits per heavy atom. The molecule has 25 heavy (non-hydrogen) atoms. The fourth-order valence-electron chi connectivity index (χ4n) is 2.27. The van der Waals surface area contributed by atoms with Gasteiger partial charge in [0.05, 0.1) is 25.1 Å². The molecule has 0 unspecified atom stereocenters. The zero-order chi connectivity index (χ0) is 18.8. The van der Waals surface area contributed by atoms with Crippen LogP contribution in [0.4, 0.5) is 5.69 Å². The molecule has 0 aliphatic rings. The van der Waals surface area contributed by atoms with Crippen LogP contribution in [0.1, 0.15) is 43.5 Å². The molecule has 0 heterocycles. The third-order valence-electron chi connectivity index (χ3n) is 3.58. The number of carbonyl (C=O) groups excluding carboxylic acids is 2. The lowest BCUT2D eigenvalue weighted by atomic mass is 10.1. The van der Waals surface area contributed by atoms with E-state index in [1.54, 1.807) is 6.92 Å². The molecule has 1 aromatic carbocycles. The van der Waals surface area contributed by atoms with Crippen LogP contribution in [0.5, 0.6) is 5.75 Å². The molecule has 1 rings (SSSR count). The molecule has 0 aliphatic heterocycles. The van der Waals surface area contributed by atoms with E-state index in [0.29, 0.717) is 6.54 Å². The molecule has 0 saturated heterocycles. The molecule has 8 nitrogen and oxygen atoms in total. The van der Waals surface area contributed by atoms with Crippen LogP contribution in [0.3, 0.4) is 0 Å². The van der Waals surface area contributed by atoms with Gasteiger partial charge in [-0.2, -0.15) is 0 Å². The highest BCUT2D eigenvalue weighted by atomic mass is 16.6. The van der Waals surface area contributed by atoms with Crippen molar-refractivity contribution in [3.8, 4) is 5.75 Å². The van der Waals surface area contributed by atoms with Crippen molar-refractivity contribution in [2.24, 2.45) is 0 Å². The summed E-state index contributed by atoms with van der Waals surface area (Å²) in [4.78, 5) is 36.3. The maximum absolute atomic E-state index is 12.7. The van der Waals surface area contributed by atoms with Gasteiger partial charge in [-0.1, -0.05) is 13.3 Å². The number of nitro benzene ring substituents is 1. The molecule has 0 spiro atoms. The van der Waals surface area contributed by atoms with Crippen LogP contribution in [0.15, 0.2) is 18.2 Å². The van der Waals surface area contributed by atoms with E-state index >= 15 is 0 Å². The summed E-state index contributed by atoms with van der Waals surface area (Å²) in [7, 11) is 1.33. The van der Waals surface area contributed by atoms with E-state index in [2.05, 4.69) is 0 Å². The number of rotatable bonds is 10. The average molecular weight is 352 g/mol. The third-order valence-corrected chi connectivity index (χ3v) is 3.58. The Morgan fingerprint density at radius 1 is 1.24 bits per heavy atom. The number of hydrogen-bond acceptors (Lipinski definition) is 6. The van der Waals surface area contributed by atoms with Crippen molar-refractivity contribution in [1.82, 2.24) is 4.90 Å². The largest absolute Gasteiger partial charge is 0.490 e. The lowest BCUT2D eigenvalue weighted by Gasteiger charge is -2.22. The van der Waals surface area contributed by atoms with Crippen LogP contribution in [-0.4, -0.2) is 48.5 Å². The minimum Gasteiger partial charge on any atom is -0.490 e. The van der Waals surface area contributed by atoms with Crippen molar-refractivity contribution in [2.75, 3.05) is 26.8 Å². The smallest absolute Gasteiger partial charge is 0.311 e. The summed E-state index contributed by atoms with van der Waals surface area (Å²) in [6.45, 7) is 4.67. The van der Waals surface area contributed by atoms with E-state index in [0.717, 1.165) is 12.8 Å². The number of hydrogen-bond donors (Lipinski definition) is 0. The van der Waals surface area contributed by atoms with Gasteiger partial charge in [0.15, 0.2) is 5.75 Å². The van der Waals surface area contributed by atoms with E-state index in [9.17, 15) is 19.7 Å². The van der Waals surface area contributed by atoms with Crippen LogP contribution in [0.2, 0.25) is 0 Å². The summed E-state index contributed by atoms with van der Waals surface area (Å²) in [5.74, 6) is -0.644. The van der Waals surface area contributed by atoms with Gasteiger partial charge in [0.25, 0.3) is 5.91 Å². The van der Waals surface area contributed by atoms with Gasteiger partial charge in [0.1, 0.15) is 0 Å². The van der Waals surface area contributed by atoms with Crippen LogP contribution >= 0.6 is 0 Å². The summed E-state index contributed by atoms with van der Waals surface area (Å²) in [6, 6.07) is 4.08. The Labute approximate surface area is 146 Å². The molecule has 0 N–H and O–H groups in total. The molecule has 0 bridgehead atoms. The molecule has 0 aromatic heterocycles. The van der Waals surface area contributed by atoms with Gasteiger partial charge < -0.3 is 14.4 Å². The number of carbonyl (C=O) groups is 2. The monoisotopic (exact) mass is 352 g/mol. The number of esters is 1. The quantitative estimate of drug-likeness (QED) is 0.365. The van der Waals surface area contributed by atoms with Crippen LogP contribution in [0.25, 0.3) is 0 Å². The van der Waals surface area contributed by atoms with Gasteiger partial charge >= 0.3 is 11.7 Å². The molecule has 1 aromatic rings. The topological polar surface area (TPSA) is 99.0 Å². The van der Waals surface area contributed by atoms with Crippen LogP contribution in [0, 0.1) is 10.1 Å². The highest BCUT2D eigenvalue weighted by Crippen LogP contribution is 2.28. The van der Waals surface area contributed by atoms with Crippen LogP contribution in [-0.2, 0) is 9.53 Å². The van der Waals surface area contributed by atoms with Crippen molar-refractivity contribution in [2.45, 2.75) is 33.1 Å². The highest BCUT2D eigenvalue weighted by molar-refractivity contribution is 5.95. The third kappa shape index (κ3) is 6.06. The number of nitrogens with zero attached hydrogens (tertiary/aromatic N) is 2. The van der Waals surface area contributed by atoms with Gasteiger partial charge in [-0.15, -0.1) is 0 Å². The van der Waals surface area contributed by atoms with Crippen LogP contribution < -0.4 is 4.74 Å². The fourth-order valence-corrected chi connectivity index (χ4v) is 2.27. The number of benzene rings is 1. The molecule has 0 saturated carbocycles. The summed E-state index contributed by atoms with van der Waals surface area (Å²) < 4.78 is 9.83. The number of ether oxygens (including phenoxy) is 2. The van der Waals surface area contributed by atoms with Gasteiger partial charge in [0, 0.05) is 24.7 Å². The van der Waals surface area contributed by atoms with Gasteiger partial charge in [0.2, 0.25) is 0 Å². The summed E-state index contributed by atoms with van der Waals surface area (Å²) in [5.41, 5.74) is -0.0818. The SMILES string of the molecule is CCCCN(CCC(=O)OCC)C(=O)c1ccc(OC)c([N+](=O)[O-])c1. The Kier molecular flexibility index (Phi) is 8.38. The molecular formula is C17H24N2O6. The van der Waals surface area contributed by atoms with Crippen molar-refractivity contribution in [1.29, 1.82) is 0 Å². The maximum atomic E-state index is 12.7.